The van der Waals surface area contributed by atoms with Crippen molar-refractivity contribution in [2.45, 2.75) is 13.5 Å². The van der Waals surface area contributed by atoms with Gasteiger partial charge in [0.05, 0.1) is 13.0 Å². The van der Waals surface area contributed by atoms with Crippen molar-refractivity contribution in [3.8, 4) is 5.75 Å². The summed E-state index contributed by atoms with van der Waals surface area (Å²) in [5, 5.41) is 12.4. The fourth-order valence-corrected chi connectivity index (χ4v) is 2.77. The van der Waals surface area contributed by atoms with Crippen LogP contribution in [0.15, 0.2) is 23.2 Å². The van der Waals surface area contributed by atoms with E-state index in [1.807, 2.05) is 11.8 Å². The minimum atomic E-state index is -0.653. The second kappa shape index (κ2) is 7.30. The molecule has 0 saturated carbocycles. The molecule has 2 atom stereocenters. The molecule has 0 aromatic heterocycles. The van der Waals surface area contributed by atoms with Gasteiger partial charge < -0.3 is 20.1 Å². The van der Waals surface area contributed by atoms with E-state index in [0.717, 1.165) is 0 Å². The molecule has 23 heavy (non-hydrogen) atoms. The van der Waals surface area contributed by atoms with E-state index < -0.39 is 5.82 Å². The summed E-state index contributed by atoms with van der Waals surface area (Å²) in [6.45, 7) is 3.61. The van der Waals surface area contributed by atoms with E-state index >= 15 is 0 Å². The summed E-state index contributed by atoms with van der Waals surface area (Å²) in [6.07, 6.45) is 0. The van der Waals surface area contributed by atoms with Gasteiger partial charge in [0.2, 0.25) is 0 Å². The van der Waals surface area contributed by atoms with Crippen LogP contribution in [0.4, 0.5) is 4.39 Å². The summed E-state index contributed by atoms with van der Waals surface area (Å²) in [6, 6.07) is 4.24. The Morgan fingerprint density at radius 2 is 2.26 bits per heavy atom. The molecule has 6 nitrogen and oxygen atoms in total. The highest BCUT2D eigenvalue weighted by atomic mass is 19.1. The number of ether oxygens (including phenoxy) is 1. The average molecular weight is 323 g/mol. The smallest absolute Gasteiger partial charge is 0.310 e. The van der Waals surface area contributed by atoms with Gasteiger partial charge in [0, 0.05) is 26.7 Å². The third kappa shape index (κ3) is 3.91. The van der Waals surface area contributed by atoms with E-state index in [4.69, 9.17) is 4.74 Å². The number of rotatable bonds is 3. The Balaban J connectivity index is 1.98. The zero-order valence-corrected chi connectivity index (χ0v) is 13.5. The van der Waals surface area contributed by atoms with E-state index in [9.17, 15) is 14.3 Å². The normalized spacial score (nSPS) is 21.4. The van der Waals surface area contributed by atoms with Crippen LogP contribution in [0, 0.1) is 17.7 Å². The summed E-state index contributed by atoms with van der Waals surface area (Å²) in [7, 11) is 3.06. The molecule has 0 spiro atoms. The first-order valence-corrected chi connectivity index (χ1v) is 7.47. The first-order valence-electron chi connectivity index (χ1n) is 7.47. The zero-order chi connectivity index (χ0) is 17.0. The molecule has 2 rings (SSSR count). The third-order valence-electron chi connectivity index (χ3n) is 4.09. The van der Waals surface area contributed by atoms with Gasteiger partial charge in [-0.2, -0.15) is 0 Å². The van der Waals surface area contributed by atoms with E-state index in [1.165, 1.54) is 19.2 Å². The molecule has 2 N–H and O–H groups in total. The highest BCUT2D eigenvalue weighted by Gasteiger charge is 2.36. The van der Waals surface area contributed by atoms with Gasteiger partial charge in [0.25, 0.3) is 0 Å². The number of phenols is 1. The summed E-state index contributed by atoms with van der Waals surface area (Å²) in [4.78, 5) is 18.0. The van der Waals surface area contributed by atoms with Gasteiger partial charge in [-0.05, 0) is 23.6 Å². The maximum Gasteiger partial charge on any atom is 0.310 e. The topological polar surface area (TPSA) is 74.2 Å². The summed E-state index contributed by atoms with van der Waals surface area (Å²) >= 11 is 0. The number of aliphatic imine (C=N–C) groups is 1. The Labute approximate surface area is 135 Å². The minimum Gasteiger partial charge on any atom is -0.505 e. The molecule has 1 aromatic rings. The number of halogens is 1. The lowest BCUT2D eigenvalue weighted by Gasteiger charge is -2.21. The molecule has 1 saturated heterocycles. The Hall–Kier alpha value is -2.31. The fraction of sp³-hybridized carbons (Fsp3) is 0.500. The lowest BCUT2D eigenvalue weighted by Crippen LogP contribution is -2.40. The number of hydrogen-bond donors (Lipinski definition) is 2. The monoisotopic (exact) mass is 323 g/mol. The number of likely N-dealkylation sites (tertiary alicyclic amines) is 1. The fourth-order valence-electron chi connectivity index (χ4n) is 2.77. The van der Waals surface area contributed by atoms with E-state index in [1.54, 1.807) is 13.1 Å². The number of carbonyl (C=O) groups is 1. The van der Waals surface area contributed by atoms with Gasteiger partial charge in [0.15, 0.2) is 17.5 Å². The molecule has 1 aliphatic rings. The van der Waals surface area contributed by atoms with Gasteiger partial charge in [0.1, 0.15) is 0 Å². The number of guanidine groups is 1. The molecule has 1 fully saturated rings. The quantitative estimate of drug-likeness (QED) is 0.499. The molecular formula is C16H22FN3O3. The SMILES string of the molecule is CN=C(NCc1ccc(O)c(F)c1)N1CC(C)C(C(=O)OC)C1. The number of aromatic hydroxyl groups is 1. The lowest BCUT2D eigenvalue weighted by molar-refractivity contribution is -0.145. The van der Waals surface area contributed by atoms with Crippen LogP contribution in [0.2, 0.25) is 0 Å². The molecule has 1 aromatic carbocycles. The van der Waals surface area contributed by atoms with Crippen molar-refractivity contribution in [3.63, 3.8) is 0 Å². The maximum atomic E-state index is 13.3. The Morgan fingerprint density at radius 1 is 1.52 bits per heavy atom. The van der Waals surface area contributed by atoms with Crippen molar-refractivity contribution in [2.24, 2.45) is 16.8 Å². The molecule has 126 valence electrons. The van der Waals surface area contributed by atoms with E-state index in [0.29, 0.717) is 31.2 Å². The Bertz CT molecular complexity index is 606. The highest BCUT2D eigenvalue weighted by molar-refractivity contribution is 5.82. The summed E-state index contributed by atoms with van der Waals surface area (Å²) in [5.41, 5.74) is 0.693. The minimum absolute atomic E-state index is 0.173. The van der Waals surface area contributed by atoms with Crippen molar-refractivity contribution in [3.05, 3.63) is 29.6 Å². The van der Waals surface area contributed by atoms with Gasteiger partial charge >= 0.3 is 5.97 Å². The molecule has 2 unspecified atom stereocenters. The molecule has 0 bridgehead atoms. The number of benzene rings is 1. The van der Waals surface area contributed by atoms with Crippen LogP contribution in [0.1, 0.15) is 12.5 Å². The van der Waals surface area contributed by atoms with Gasteiger partial charge in [-0.15, -0.1) is 0 Å². The van der Waals surface area contributed by atoms with Crippen molar-refractivity contribution >= 4 is 11.9 Å². The number of phenolic OH excluding ortho intramolecular Hbond substituents is 1. The van der Waals surface area contributed by atoms with E-state index in [2.05, 4.69) is 10.3 Å². The molecule has 1 aliphatic heterocycles. The van der Waals surface area contributed by atoms with Crippen LogP contribution in [-0.2, 0) is 16.1 Å². The average Bonchev–Trinajstić information content (AvgIpc) is 2.92. The van der Waals surface area contributed by atoms with Crippen LogP contribution >= 0.6 is 0 Å². The summed E-state index contributed by atoms with van der Waals surface area (Å²) < 4.78 is 18.2. The van der Waals surface area contributed by atoms with Crippen LogP contribution in [-0.4, -0.2) is 49.2 Å². The molecule has 7 heteroatoms. The maximum absolute atomic E-state index is 13.3. The van der Waals surface area contributed by atoms with Crippen molar-refractivity contribution < 1.29 is 19.0 Å². The number of carbonyl (C=O) groups excluding carboxylic acids is 1. The van der Waals surface area contributed by atoms with Gasteiger partial charge in [-0.1, -0.05) is 13.0 Å². The number of nitrogens with zero attached hydrogens (tertiary/aromatic N) is 2. The second-order valence-electron chi connectivity index (χ2n) is 5.70. The largest absolute Gasteiger partial charge is 0.505 e. The van der Waals surface area contributed by atoms with Crippen LogP contribution < -0.4 is 5.32 Å². The number of nitrogens with one attached hydrogen (secondary N) is 1. The summed E-state index contributed by atoms with van der Waals surface area (Å²) in [5.74, 6) is -0.586. The molecule has 1 heterocycles. The first-order chi connectivity index (χ1) is 11.0. The highest BCUT2D eigenvalue weighted by Crippen LogP contribution is 2.24. The Morgan fingerprint density at radius 3 is 2.87 bits per heavy atom. The predicted molar refractivity (Wildman–Crippen MR) is 84.5 cm³/mol. The van der Waals surface area contributed by atoms with Crippen molar-refractivity contribution in [2.75, 3.05) is 27.2 Å². The second-order valence-corrected chi connectivity index (χ2v) is 5.70. The first kappa shape index (κ1) is 17.1. The van der Waals surface area contributed by atoms with Crippen LogP contribution in [0.5, 0.6) is 5.75 Å². The molecular weight excluding hydrogens is 301 g/mol. The number of methoxy groups -OCH3 is 1. The van der Waals surface area contributed by atoms with Crippen LogP contribution in [0.25, 0.3) is 0 Å². The molecule has 0 amide bonds. The third-order valence-corrected chi connectivity index (χ3v) is 4.09. The van der Waals surface area contributed by atoms with Gasteiger partial charge in [-0.25, -0.2) is 4.39 Å². The lowest BCUT2D eigenvalue weighted by atomic mass is 9.99. The Kier molecular flexibility index (Phi) is 5.41. The molecule has 0 radical (unpaired) electrons. The van der Waals surface area contributed by atoms with E-state index in [-0.39, 0.29) is 23.6 Å². The van der Waals surface area contributed by atoms with Crippen molar-refractivity contribution in [1.82, 2.24) is 10.2 Å². The number of esters is 1. The van der Waals surface area contributed by atoms with Crippen molar-refractivity contribution in [1.29, 1.82) is 0 Å². The molecule has 0 aliphatic carbocycles. The number of hydrogen-bond acceptors (Lipinski definition) is 4. The standard InChI is InChI=1S/C16H22FN3O3/c1-10-8-20(9-12(10)15(22)23-3)16(18-2)19-7-11-4-5-14(21)13(17)6-11/h4-6,10,12,21H,7-9H2,1-3H3,(H,18,19). The predicted octanol–water partition coefficient (Wildman–Crippen LogP) is 1.35. The van der Waals surface area contributed by atoms with Crippen LogP contribution in [0.3, 0.4) is 0 Å². The zero-order valence-electron chi connectivity index (χ0n) is 13.5. The van der Waals surface area contributed by atoms with Gasteiger partial charge in [-0.3, -0.25) is 9.79 Å².